The molecule has 3 N–H and O–H groups in total. The smallest absolute Gasteiger partial charge is 0.0291 e. The van der Waals surface area contributed by atoms with Crippen molar-refractivity contribution >= 4 is 0 Å². The van der Waals surface area contributed by atoms with E-state index in [1.807, 2.05) is 7.05 Å². The van der Waals surface area contributed by atoms with Crippen molar-refractivity contribution in [3.63, 3.8) is 0 Å². The molecule has 2 aliphatic rings. The van der Waals surface area contributed by atoms with E-state index in [2.05, 4.69) is 29.3 Å². The summed E-state index contributed by atoms with van der Waals surface area (Å²) in [7, 11) is 2.04. The van der Waals surface area contributed by atoms with E-state index >= 15 is 0 Å². The van der Waals surface area contributed by atoms with Crippen molar-refractivity contribution in [3.8, 4) is 0 Å². The molecule has 0 radical (unpaired) electrons. The number of allylic oxidation sites excluding steroid dienone is 3. The van der Waals surface area contributed by atoms with Crippen LogP contribution in [0.1, 0.15) is 19.8 Å². The predicted octanol–water partition coefficient (Wildman–Crippen LogP) is 1.29. The molecule has 0 saturated carbocycles. The zero-order valence-electron chi connectivity index (χ0n) is 10.4. The molecular formula is C13H23N3. The molecule has 2 atom stereocenters. The lowest BCUT2D eigenvalue weighted by atomic mass is 9.81. The number of rotatable bonds is 3. The first-order valence-electron chi connectivity index (χ1n) is 6.31. The van der Waals surface area contributed by atoms with Gasteiger partial charge in [0.15, 0.2) is 0 Å². The molecule has 90 valence electrons. The summed E-state index contributed by atoms with van der Waals surface area (Å²) in [5.41, 5.74) is 8.31. The molecule has 16 heavy (non-hydrogen) atoms. The minimum absolute atomic E-state index is 0.694. The Bertz CT molecular complexity index is 306. The van der Waals surface area contributed by atoms with E-state index in [4.69, 9.17) is 5.73 Å². The minimum Gasteiger partial charge on any atom is -0.399 e. The highest BCUT2D eigenvalue weighted by atomic mass is 15.2. The van der Waals surface area contributed by atoms with Gasteiger partial charge in [0.1, 0.15) is 0 Å². The summed E-state index contributed by atoms with van der Waals surface area (Å²) in [6, 6.07) is 0. The minimum atomic E-state index is 0.694. The maximum atomic E-state index is 5.90. The Morgan fingerprint density at radius 3 is 3.06 bits per heavy atom. The van der Waals surface area contributed by atoms with Crippen LogP contribution in [-0.2, 0) is 0 Å². The lowest BCUT2D eigenvalue weighted by Crippen LogP contribution is -2.42. The van der Waals surface area contributed by atoms with Crippen LogP contribution in [0.5, 0.6) is 0 Å². The van der Waals surface area contributed by atoms with E-state index < -0.39 is 0 Å². The molecule has 0 bridgehead atoms. The van der Waals surface area contributed by atoms with Crippen LogP contribution in [0, 0.1) is 11.8 Å². The van der Waals surface area contributed by atoms with E-state index in [0.717, 1.165) is 31.1 Å². The number of hydrogen-bond acceptors (Lipinski definition) is 3. The Morgan fingerprint density at radius 1 is 1.56 bits per heavy atom. The molecule has 1 aliphatic carbocycles. The first kappa shape index (κ1) is 11.5. The van der Waals surface area contributed by atoms with Gasteiger partial charge in [0.25, 0.3) is 0 Å². The first-order valence-corrected chi connectivity index (χ1v) is 6.31. The molecule has 2 rings (SSSR count). The van der Waals surface area contributed by atoms with Crippen LogP contribution in [0.15, 0.2) is 23.5 Å². The highest BCUT2D eigenvalue weighted by Gasteiger charge is 2.30. The summed E-state index contributed by atoms with van der Waals surface area (Å²) >= 11 is 0. The van der Waals surface area contributed by atoms with Crippen molar-refractivity contribution < 1.29 is 0 Å². The van der Waals surface area contributed by atoms with E-state index in [-0.39, 0.29) is 0 Å². The van der Waals surface area contributed by atoms with Crippen molar-refractivity contribution in [2.45, 2.75) is 19.8 Å². The highest BCUT2D eigenvalue weighted by molar-refractivity contribution is 5.28. The van der Waals surface area contributed by atoms with Crippen molar-refractivity contribution in [1.29, 1.82) is 0 Å². The lowest BCUT2D eigenvalue weighted by molar-refractivity contribution is 0.184. The molecule has 0 amide bonds. The van der Waals surface area contributed by atoms with Gasteiger partial charge >= 0.3 is 0 Å². The Kier molecular flexibility index (Phi) is 3.54. The Morgan fingerprint density at radius 2 is 2.38 bits per heavy atom. The summed E-state index contributed by atoms with van der Waals surface area (Å²) in [5, 5.41) is 3.30. The number of likely N-dealkylation sites (tertiary alicyclic amines) is 1. The number of piperidine rings is 1. The van der Waals surface area contributed by atoms with Crippen LogP contribution in [-0.4, -0.2) is 31.6 Å². The zero-order chi connectivity index (χ0) is 11.5. The Balaban J connectivity index is 2.12. The van der Waals surface area contributed by atoms with Gasteiger partial charge in [-0.15, -0.1) is 0 Å². The molecule has 1 aliphatic heterocycles. The van der Waals surface area contributed by atoms with Gasteiger partial charge in [-0.2, -0.15) is 0 Å². The third kappa shape index (κ3) is 2.24. The number of fused-ring (bicyclic) bond motifs is 1. The van der Waals surface area contributed by atoms with Crippen LogP contribution in [0.2, 0.25) is 0 Å². The number of nitrogens with one attached hydrogen (secondary N) is 1. The molecule has 1 saturated heterocycles. The van der Waals surface area contributed by atoms with Gasteiger partial charge in [0.2, 0.25) is 0 Å². The number of nitrogens with zero attached hydrogens (tertiary/aromatic N) is 1. The summed E-state index contributed by atoms with van der Waals surface area (Å²) in [4.78, 5) is 2.50. The highest BCUT2D eigenvalue weighted by Crippen LogP contribution is 2.35. The molecular weight excluding hydrogens is 198 g/mol. The second kappa shape index (κ2) is 4.91. The van der Waals surface area contributed by atoms with Crippen LogP contribution >= 0.6 is 0 Å². The van der Waals surface area contributed by atoms with Crippen molar-refractivity contribution in [2.75, 3.05) is 26.7 Å². The SMILES string of the molecule is CCN1CC(CNC)CC2CC=C(N)C=C21. The number of nitrogens with two attached hydrogens (primary N) is 1. The van der Waals surface area contributed by atoms with Crippen LogP contribution in [0.3, 0.4) is 0 Å². The molecule has 0 aromatic rings. The lowest BCUT2D eigenvalue weighted by Gasteiger charge is -2.42. The quantitative estimate of drug-likeness (QED) is 0.754. The molecule has 1 heterocycles. The molecule has 3 nitrogen and oxygen atoms in total. The van der Waals surface area contributed by atoms with Gasteiger partial charge in [0.05, 0.1) is 0 Å². The fourth-order valence-corrected chi connectivity index (χ4v) is 2.96. The summed E-state index contributed by atoms with van der Waals surface area (Å²) in [5.74, 6) is 1.47. The average Bonchev–Trinajstić information content (AvgIpc) is 2.29. The fourth-order valence-electron chi connectivity index (χ4n) is 2.96. The average molecular weight is 221 g/mol. The zero-order valence-corrected chi connectivity index (χ0v) is 10.4. The third-order valence-corrected chi connectivity index (χ3v) is 3.71. The number of hydrogen-bond donors (Lipinski definition) is 2. The Hall–Kier alpha value is -0.960. The van der Waals surface area contributed by atoms with E-state index in [1.54, 1.807) is 0 Å². The molecule has 1 fully saturated rings. The van der Waals surface area contributed by atoms with Gasteiger partial charge in [-0.1, -0.05) is 6.08 Å². The fraction of sp³-hybridized carbons (Fsp3) is 0.692. The molecule has 2 unspecified atom stereocenters. The normalized spacial score (nSPS) is 29.5. The van der Waals surface area contributed by atoms with Crippen molar-refractivity contribution in [3.05, 3.63) is 23.5 Å². The topological polar surface area (TPSA) is 41.3 Å². The second-order valence-corrected chi connectivity index (χ2v) is 4.90. The molecule has 0 spiro atoms. The summed E-state index contributed by atoms with van der Waals surface area (Å²) < 4.78 is 0. The standard InChI is InChI=1S/C13H23N3/c1-3-16-9-10(8-15-2)6-11-4-5-12(14)7-13(11)16/h5,7,10-11,15H,3-4,6,8-9,14H2,1-2H3. The maximum Gasteiger partial charge on any atom is 0.0291 e. The van der Waals surface area contributed by atoms with E-state index in [9.17, 15) is 0 Å². The van der Waals surface area contributed by atoms with Crippen LogP contribution < -0.4 is 11.1 Å². The predicted molar refractivity (Wildman–Crippen MR) is 67.7 cm³/mol. The van der Waals surface area contributed by atoms with Crippen molar-refractivity contribution in [1.82, 2.24) is 10.2 Å². The summed E-state index contributed by atoms with van der Waals surface area (Å²) in [6.45, 7) is 5.62. The van der Waals surface area contributed by atoms with Gasteiger partial charge in [-0.05, 0) is 45.4 Å². The van der Waals surface area contributed by atoms with Gasteiger partial charge in [-0.3, -0.25) is 0 Å². The monoisotopic (exact) mass is 221 g/mol. The largest absolute Gasteiger partial charge is 0.399 e. The van der Waals surface area contributed by atoms with Crippen LogP contribution in [0.4, 0.5) is 0 Å². The molecule has 3 heteroatoms. The van der Waals surface area contributed by atoms with Crippen LogP contribution in [0.25, 0.3) is 0 Å². The van der Waals surface area contributed by atoms with Crippen molar-refractivity contribution in [2.24, 2.45) is 17.6 Å². The Labute approximate surface area is 98.4 Å². The molecule has 0 aromatic heterocycles. The van der Waals surface area contributed by atoms with Gasteiger partial charge < -0.3 is 16.0 Å². The summed E-state index contributed by atoms with van der Waals surface area (Å²) in [6.07, 6.45) is 6.76. The van der Waals surface area contributed by atoms with E-state index in [1.165, 1.54) is 18.7 Å². The first-order chi connectivity index (χ1) is 7.74. The van der Waals surface area contributed by atoms with Gasteiger partial charge in [0, 0.05) is 30.4 Å². The molecule has 0 aromatic carbocycles. The maximum absolute atomic E-state index is 5.90. The van der Waals surface area contributed by atoms with Gasteiger partial charge in [-0.25, -0.2) is 0 Å². The third-order valence-electron chi connectivity index (χ3n) is 3.71. The van der Waals surface area contributed by atoms with E-state index in [0.29, 0.717) is 5.92 Å². The second-order valence-electron chi connectivity index (χ2n) is 4.90.